The van der Waals surface area contributed by atoms with E-state index in [4.69, 9.17) is 5.73 Å². The van der Waals surface area contributed by atoms with Gasteiger partial charge >= 0.3 is 5.97 Å². The molecule has 0 radical (unpaired) electrons. The molecule has 0 bridgehead atoms. The first-order valence-electron chi connectivity index (χ1n) is 5.91. The third kappa shape index (κ3) is 3.19. The van der Waals surface area contributed by atoms with E-state index < -0.39 is 5.97 Å². The van der Waals surface area contributed by atoms with Crippen LogP contribution in [0, 0.1) is 0 Å². The Labute approximate surface area is 129 Å². The number of benzene rings is 1. The highest BCUT2D eigenvalue weighted by atomic mass is 79.9. The van der Waals surface area contributed by atoms with E-state index in [-0.39, 0.29) is 17.2 Å². The molecular formula is C14H12BrN3O3. The van der Waals surface area contributed by atoms with Gasteiger partial charge in [0.05, 0.1) is 16.8 Å². The minimum atomic E-state index is -1.15. The zero-order valence-electron chi connectivity index (χ0n) is 11.1. The molecule has 0 atom stereocenters. The lowest BCUT2D eigenvalue weighted by atomic mass is 10.1. The zero-order chi connectivity index (χ0) is 15.6. The molecule has 0 aliphatic heterocycles. The van der Waals surface area contributed by atoms with E-state index in [9.17, 15) is 14.7 Å². The average molecular weight is 350 g/mol. The Hall–Kier alpha value is -2.41. The molecule has 3 N–H and O–H groups in total. The molecule has 0 unspecified atom stereocenters. The number of nitrogens with zero attached hydrogens (tertiary/aromatic N) is 2. The highest BCUT2D eigenvalue weighted by molar-refractivity contribution is 9.10. The summed E-state index contributed by atoms with van der Waals surface area (Å²) < 4.78 is 0.664. The summed E-state index contributed by atoms with van der Waals surface area (Å²) in [6, 6.07) is 5.98. The third-order valence-electron chi connectivity index (χ3n) is 2.87. The van der Waals surface area contributed by atoms with Crippen LogP contribution >= 0.6 is 15.9 Å². The molecule has 2 aromatic rings. The van der Waals surface area contributed by atoms with E-state index in [1.165, 1.54) is 30.3 Å². The minimum Gasteiger partial charge on any atom is -0.478 e. The van der Waals surface area contributed by atoms with Gasteiger partial charge in [0.15, 0.2) is 0 Å². The fraction of sp³-hybridized carbons (Fsp3) is 0.0714. The summed E-state index contributed by atoms with van der Waals surface area (Å²) in [4.78, 5) is 28.9. The molecule has 108 valence electrons. The van der Waals surface area contributed by atoms with Crippen molar-refractivity contribution in [1.29, 1.82) is 0 Å². The van der Waals surface area contributed by atoms with Crippen LogP contribution in [-0.2, 0) is 0 Å². The van der Waals surface area contributed by atoms with E-state index >= 15 is 0 Å². The molecular weight excluding hydrogens is 338 g/mol. The number of carboxylic acids is 1. The quantitative estimate of drug-likeness (QED) is 0.829. The van der Waals surface area contributed by atoms with Gasteiger partial charge < -0.3 is 15.7 Å². The van der Waals surface area contributed by atoms with E-state index in [1.54, 1.807) is 18.3 Å². The molecule has 0 saturated heterocycles. The normalized spacial score (nSPS) is 10.2. The molecule has 0 saturated carbocycles. The number of rotatable bonds is 3. The Morgan fingerprint density at radius 3 is 2.62 bits per heavy atom. The second kappa shape index (κ2) is 5.92. The van der Waals surface area contributed by atoms with Gasteiger partial charge in [0, 0.05) is 29.6 Å². The maximum atomic E-state index is 12.4. The van der Waals surface area contributed by atoms with Gasteiger partial charge in [0.2, 0.25) is 0 Å². The minimum absolute atomic E-state index is 0.0335. The van der Waals surface area contributed by atoms with Gasteiger partial charge in [-0.2, -0.15) is 0 Å². The first-order chi connectivity index (χ1) is 9.90. The largest absolute Gasteiger partial charge is 0.478 e. The van der Waals surface area contributed by atoms with Gasteiger partial charge in [-0.05, 0) is 40.2 Å². The number of carboxylic acid groups (broad SMARTS) is 1. The van der Waals surface area contributed by atoms with Crippen molar-refractivity contribution in [3.05, 3.63) is 52.3 Å². The van der Waals surface area contributed by atoms with E-state index in [0.717, 1.165) is 0 Å². The molecule has 0 aliphatic rings. The van der Waals surface area contributed by atoms with Crippen molar-refractivity contribution in [2.75, 3.05) is 17.7 Å². The van der Waals surface area contributed by atoms with Crippen molar-refractivity contribution in [2.24, 2.45) is 0 Å². The van der Waals surface area contributed by atoms with Crippen LogP contribution in [0.2, 0.25) is 0 Å². The summed E-state index contributed by atoms with van der Waals surface area (Å²) in [7, 11) is 1.50. The van der Waals surface area contributed by atoms with Gasteiger partial charge in [-0.15, -0.1) is 0 Å². The number of hydrogen-bond donors (Lipinski definition) is 2. The molecule has 0 aliphatic carbocycles. The molecule has 1 aromatic heterocycles. The van der Waals surface area contributed by atoms with E-state index in [1.807, 2.05) is 0 Å². The Kier molecular flexibility index (Phi) is 4.23. The summed E-state index contributed by atoms with van der Waals surface area (Å²) in [5.41, 5.74) is 6.49. The predicted octanol–water partition coefficient (Wildman–Crippen LogP) is 2.40. The van der Waals surface area contributed by atoms with Crippen LogP contribution in [0.1, 0.15) is 20.7 Å². The van der Waals surface area contributed by atoms with Gasteiger partial charge in [-0.1, -0.05) is 0 Å². The Morgan fingerprint density at radius 1 is 1.29 bits per heavy atom. The maximum absolute atomic E-state index is 12.4. The molecule has 1 amide bonds. The second-order valence-corrected chi connectivity index (χ2v) is 5.25. The second-order valence-electron chi connectivity index (χ2n) is 4.34. The first-order valence-corrected chi connectivity index (χ1v) is 6.71. The number of nitrogens with two attached hydrogens (primary N) is 1. The van der Waals surface area contributed by atoms with Crippen LogP contribution in [0.5, 0.6) is 0 Å². The fourth-order valence-corrected chi connectivity index (χ4v) is 2.21. The number of hydrogen-bond acceptors (Lipinski definition) is 4. The lowest BCUT2D eigenvalue weighted by molar-refractivity contribution is 0.0698. The van der Waals surface area contributed by atoms with E-state index in [2.05, 4.69) is 20.9 Å². The number of carbonyl (C=O) groups is 2. The third-order valence-corrected chi connectivity index (χ3v) is 3.30. The molecule has 21 heavy (non-hydrogen) atoms. The number of aromatic nitrogens is 1. The lowest BCUT2D eigenvalue weighted by Gasteiger charge is -2.19. The van der Waals surface area contributed by atoms with Crippen molar-refractivity contribution in [3.63, 3.8) is 0 Å². The standard InChI is InChI=1S/C14H12BrN3O3/c1-18(13(19)8-4-9(15)7-17-6-8)12-3-2-10(16)5-11(12)14(20)21/h2-7H,16H2,1H3,(H,20,21). The number of amides is 1. The number of aromatic carboxylic acids is 1. The van der Waals surface area contributed by atoms with Crippen molar-refractivity contribution in [3.8, 4) is 0 Å². The van der Waals surface area contributed by atoms with Gasteiger partial charge in [-0.25, -0.2) is 4.79 Å². The summed E-state index contributed by atoms with van der Waals surface area (Å²) in [6.45, 7) is 0. The van der Waals surface area contributed by atoms with Gasteiger partial charge in [0.25, 0.3) is 5.91 Å². The fourth-order valence-electron chi connectivity index (χ4n) is 1.85. The SMILES string of the molecule is CN(C(=O)c1cncc(Br)c1)c1ccc(N)cc1C(=O)O. The summed E-state index contributed by atoms with van der Waals surface area (Å²) >= 11 is 3.24. The lowest BCUT2D eigenvalue weighted by Crippen LogP contribution is -2.28. The summed E-state index contributed by atoms with van der Waals surface area (Å²) in [6.07, 6.45) is 2.98. The summed E-state index contributed by atoms with van der Waals surface area (Å²) in [5, 5.41) is 9.22. The topological polar surface area (TPSA) is 96.5 Å². The molecule has 1 heterocycles. The summed E-state index contributed by atoms with van der Waals surface area (Å²) in [5.74, 6) is -1.51. The zero-order valence-corrected chi connectivity index (χ0v) is 12.7. The predicted molar refractivity (Wildman–Crippen MR) is 82.5 cm³/mol. The number of anilines is 2. The van der Waals surface area contributed by atoms with Gasteiger partial charge in [-0.3, -0.25) is 9.78 Å². The Morgan fingerprint density at radius 2 is 2.00 bits per heavy atom. The van der Waals surface area contributed by atoms with Gasteiger partial charge in [0.1, 0.15) is 0 Å². The van der Waals surface area contributed by atoms with Crippen LogP contribution in [0.25, 0.3) is 0 Å². The molecule has 7 heteroatoms. The smallest absolute Gasteiger partial charge is 0.337 e. The van der Waals surface area contributed by atoms with Crippen molar-refractivity contribution >= 4 is 39.2 Å². The molecule has 6 nitrogen and oxygen atoms in total. The number of halogens is 1. The monoisotopic (exact) mass is 349 g/mol. The molecule has 1 aromatic carbocycles. The van der Waals surface area contributed by atoms with Crippen LogP contribution < -0.4 is 10.6 Å². The first kappa shape index (κ1) is 15.0. The Bertz CT molecular complexity index is 718. The highest BCUT2D eigenvalue weighted by Gasteiger charge is 2.20. The number of carbonyl (C=O) groups excluding carboxylic acids is 1. The van der Waals surface area contributed by atoms with Crippen molar-refractivity contribution < 1.29 is 14.7 Å². The highest BCUT2D eigenvalue weighted by Crippen LogP contribution is 2.24. The van der Waals surface area contributed by atoms with Crippen molar-refractivity contribution in [2.45, 2.75) is 0 Å². The van der Waals surface area contributed by atoms with Crippen molar-refractivity contribution in [1.82, 2.24) is 4.98 Å². The average Bonchev–Trinajstić information content (AvgIpc) is 2.45. The number of pyridine rings is 1. The van der Waals surface area contributed by atoms with Crippen LogP contribution in [-0.4, -0.2) is 29.0 Å². The maximum Gasteiger partial charge on any atom is 0.337 e. The van der Waals surface area contributed by atoms with Crippen LogP contribution in [0.4, 0.5) is 11.4 Å². The molecule has 0 spiro atoms. The van der Waals surface area contributed by atoms with Crippen LogP contribution in [0.15, 0.2) is 41.1 Å². The Balaban J connectivity index is 2.42. The van der Waals surface area contributed by atoms with Crippen LogP contribution in [0.3, 0.4) is 0 Å². The molecule has 0 fully saturated rings. The molecule has 2 rings (SSSR count). The van der Waals surface area contributed by atoms with E-state index in [0.29, 0.717) is 15.7 Å². The number of nitrogen functional groups attached to an aromatic ring is 1.